The summed E-state index contributed by atoms with van der Waals surface area (Å²) in [6.07, 6.45) is 0.247. The molecule has 0 aliphatic rings. The Bertz CT molecular complexity index is 710. The number of nitrogens with one attached hydrogen (secondary N) is 1. The van der Waals surface area contributed by atoms with E-state index in [-0.39, 0.29) is 36.6 Å². The summed E-state index contributed by atoms with van der Waals surface area (Å²) < 4.78 is 0. The fourth-order valence-corrected chi connectivity index (χ4v) is 2.10. The summed E-state index contributed by atoms with van der Waals surface area (Å²) in [6.45, 7) is 0.236. The molecular formula is C18H17NO4. The van der Waals surface area contributed by atoms with E-state index < -0.39 is 5.97 Å². The maximum Gasteiger partial charge on any atom is 0.335 e. The molecule has 0 saturated carbocycles. The number of benzene rings is 2. The van der Waals surface area contributed by atoms with Gasteiger partial charge in [-0.05, 0) is 17.7 Å². The Labute approximate surface area is 134 Å². The number of rotatable bonds is 7. The lowest BCUT2D eigenvalue weighted by atomic mass is 10.1. The molecule has 23 heavy (non-hydrogen) atoms. The first kappa shape index (κ1) is 16.4. The van der Waals surface area contributed by atoms with Crippen LogP contribution in [0.1, 0.15) is 39.1 Å². The van der Waals surface area contributed by atoms with E-state index in [1.807, 2.05) is 6.07 Å². The lowest BCUT2D eigenvalue weighted by molar-refractivity contribution is -0.121. The lowest BCUT2D eigenvalue weighted by Crippen LogP contribution is -2.23. The maximum atomic E-state index is 11.9. The van der Waals surface area contributed by atoms with Crippen LogP contribution in [0.4, 0.5) is 0 Å². The molecule has 0 bridgehead atoms. The van der Waals surface area contributed by atoms with E-state index in [0.29, 0.717) is 11.1 Å². The molecule has 0 heterocycles. The van der Waals surface area contributed by atoms with Crippen LogP contribution in [0.3, 0.4) is 0 Å². The van der Waals surface area contributed by atoms with Crippen molar-refractivity contribution in [3.8, 4) is 0 Å². The SMILES string of the molecule is O=C(CCC(=O)c1ccccc1)NCc1cccc(C(=O)O)c1. The predicted octanol–water partition coefficient (Wildman–Crippen LogP) is 2.66. The second-order valence-electron chi connectivity index (χ2n) is 5.07. The predicted molar refractivity (Wildman–Crippen MR) is 85.3 cm³/mol. The molecule has 5 nitrogen and oxygen atoms in total. The fourth-order valence-electron chi connectivity index (χ4n) is 2.10. The molecule has 118 valence electrons. The third-order valence-corrected chi connectivity index (χ3v) is 3.34. The molecule has 5 heteroatoms. The van der Waals surface area contributed by atoms with Crippen molar-refractivity contribution in [2.45, 2.75) is 19.4 Å². The third-order valence-electron chi connectivity index (χ3n) is 3.34. The minimum absolute atomic E-state index is 0.0753. The van der Waals surface area contributed by atoms with E-state index in [2.05, 4.69) is 5.32 Å². The van der Waals surface area contributed by atoms with Gasteiger partial charge >= 0.3 is 5.97 Å². The highest BCUT2D eigenvalue weighted by Crippen LogP contribution is 2.07. The Morgan fingerprint density at radius 2 is 1.57 bits per heavy atom. The van der Waals surface area contributed by atoms with Crippen molar-refractivity contribution < 1.29 is 19.5 Å². The van der Waals surface area contributed by atoms with Gasteiger partial charge in [-0.25, -0.2) is 4.79 Å². The van der Waals surface area contributed by atoms with E-state index in [1.54, 1.807) is 36.4 Å². The number of hydrogen-bond acceptors (Lipinski definition) is 3. The van der Waals surface area contributed by atoms with Crippen molar-refractivity contribution >= 4 is 17.7 Å². The zero-order valence-electron chi connectivity index (χ0n) is 12.5. The molecule has 0 saturated heterocycles. The van der Waals surface area contributed by atoms with Crippen molar-refractivity contribution in [3.63, 3.8) is 0 Å². The van der Waals surface area contributed by atoms with Gasteiger partial charge in [0, 0.05) is 24.9 Å². The van der Waals surface area contributed by atoms with Crippen LogP contribution >= 0.6 is 0 Å². The van der Waals surface area contributed by atoms with E-state index in [9.17, 15) is 14.4 Å². The molecule has 2 rings (SSSR count). The topological polar surface area (TPSA) is 83.5 Å². The lowest BCUT2D eigenvalue weighted by Gasteiger charge is -2.06. The number of carbonyl (C=O) groups is 3. The zero-order valence-corrected chi connectivity index (χ0v) is 12.5. The number of carboxylic acid groups (broad SMARTS) is 1. The standard InChI is InChI=1S/C18H17NO4/c20-16(14-6-2-1-3-7-14)9-10-17(21)19-12-13-5-4-8-15(11-13)18(22)23/h1-8,11H,9-10,12H2,(H,19,21)(H,22,23). The first-order valence-corrected chi connectivity index (χ1v) is 7.23. The number of aromatic carboxylic acids is 1. The molecule has 0 atom stereocenters. The summed E-state index contributed by atoms with van der Waals surface area (Å²) in [5, 5.41) is 11.6. The van der Waals surface area contributed by atoms with E-state index >= 15 is 0 Å². The Kier molecular flexibility index (Phi) is 5.63. The van der Waals surface area contributed by atoms with E-state index in [1.165, 1.54) is 12.1 Å². The van der Waals surface area contributed by atoms with Crippen LogP contribution in [0.5, 0.6) is 0 Å². The molecule has 1 amide bonds. The van der Waals surface area contributed by atoms with Gasteiger partial charge in [0.1, 0.15) is 0 Å². The van der Waals surface area contributed by atoms with Crippen molar-refractivity contribution in [1.82, 2.24) is 5.32 Å². The monoisotopic (exact) mass is 311 g/mol. The molecule has 2 N–H and O–H groups in total. The Balaban J connectivity index is 1.80. The molecule has 0 unspecified atom stereocenters. The quantitative estimate of drug-likeness (QED) is 0.770. The Morgan fingerprint density at radius 3 is 2.26 bits per heavy atom. The normalized spacial score (nSPS) is 10.1. The Hall–Kier alpha value is -2.95. The number of carbonyl (C=O) groups excluding carboxylic acids is 2. The molecule has 0 aliphatic carbocycles. The van der Waals surface area contributed by atoms with E-state index in [0.717, 1.165) is 0 Å². The van der Waals surface area contributed by atoms with E-state index in [4.69, 9.17) is 5.11 Å². The van der Waals surface area contributed by atoms with Gasteiger partial charge in [0.2, 0.25) is 5.91 Å². The number of amides is 1. The highest BCUT2D eigenvalue weighted by Gasteiger charge is 2.09. The summed E-state index contributed by atoms with van der Waals surface area (Å²) in [4.78, 5) is 34.6. The summed E-state index contributed by atoms with van der Waals surface area (Å²) in [6, 6.07) is 15.2. The van der Waals surface area contributed by atoms with Crippen molar-refractivity contribution in [2.24, 2.45) is 0 Å². The van der Waals surface area contributed by atoms with Crippen LogP contribution in [-0.2, 0) is 11.3 Å². The highest BCUT2D eigenvalue weighted by atomic mass is 16.4. The van der Waals surface area contributed by atoms with Crippen LogP contribution in [0.25, 0.3) is 0 Å². The number of ketones is 1. The average Bonchev–Trinajstić information content (AvgIpc) is 2.58. The van der Waals surface area contributed by atoms with Gasteiger partial charge in [-0.2, -0.15) is 0 Å². The van der Waals surface area contributed by atoms with Crippen LogP contribution in [-0.4, -0.2) is 22.8 Å². The van der Waals surface area contributed by atoms with Crippen molar-refractivity contribution in [3.05, 3.63) is 71.3 Å². The molecule has 2 aromatic carbocycles. The molecule has 0 radical (unpaired) electrons. The third kappa shape index (κ3) is 5.07. The first-order valence-electron chi connectivity index (χ1n) is 7.23. The molecule has 2 aromatic rings. The molecule has 0 fully saturated rings. The van der Waals surface area contributed by atoms with Gasteiger partial charge in [-0.1, -0.05) is 42.5 Å². The summed E-state index contributed by atoms with van der Waals surface area (Å²) >= 11 is 0. The molecule has 0 aromatic heterocycles. The first-order chi connectivity index (χ1) is 11.1. The number of Topliss-reactive ketones (excluding diaryl/α,β-unsaturated/α-hetero) is 1. The summed E-state index contributed by atoms with van der Waals surface area (Å²) in [7, 11) is 0. The van der Waals surface area contributed by atoms with Gasteiger partial charge in [0.05, 0.1) is 5.56 Å². The summed E-state index contributed by atoms with van der Waals surface area (Å²) in [5.41, 5.74) is 1.47. The largest absolute Gasteiger partial charge is 0.478 e. The van der Waals surface area contributed by atoms with Gasteiger partial charge in [0.25, 0.3) is 0 Å². The minimum Gasteiger partial charge on any atom is -0.478 e. The minimum atomic E-state index is -1.01. The second-order valence-corrected chi connectivity index (χ2v) is 5.07. The highest BCUT2D eigenvalue weighted by molar-refractivity contribution is 5.97. The van der Waals surface area contributed by atoms with Gasteiger partial charge < -0.3 is 10.4 Å². The van der Waals surface area contributed by atoms with Crippen LogP contribution in [0.2, 0.25) is 0 Å². The smallest absolute Gasteiger partial charge is 0.335 e. The van der Waals surface area contributed by atoms with Gasteiger partial charge in [-0.15, -0.1) is 0 Å². The fraction of sp³-hybridized carbons (Fsp3) is 0.167. The van der Waals surface area contributed by atoms with Crippen molar-refractivity contribution in [2.75, 3.05) is 0 Å². The van der Waals surface area contributed by atoms with Gasteiger partial charge in [-0.3, -0.25) is 9.59 Å². The van der Waals surface area contributed by atoms with Gasteiger partial charge in [0.15, 0.2) is 5.78 Å². The molecule has 0 aliphatic heterocycles. The summed E-state index contributed by atoms with van der Waals surface area (Å²) in [5.74, 6) is -1.32. The number of hydrogen-bond donors (Lipinski definition) is 2. The van der Waals surface area contributed by atoms with Crippen LogP contribution < -0.4 is 5.32 Å². The Morgan fingerprint density at radius 1 is 0.870 bits per heavy atom. The van der Waals surface area contributed by atoms with Crippen LogP contribution in [0, 0.1) is 0 Å². The van der Waals surface area contributed by atoms with Crippen LogP contribution in [0.15, 0.2) is 54.6 Å². The maximum absolute atomic E-state index is 11.9. The molecule has 0 spiro atoms. The number of carboxylic acids is 1. The average molecular weight is 311 g/mol. The van der Waals surface area contributed by atoms with Crippen molar-refractivity contribution in [1.29, 1.82) is 0 Å². The zero-order chi connectivity index (χ0) is 16.7. The molecular weight excluding hydrogens is 294 g/mol. The second kappa shape index (κ2) is 7.89.